The number of rotatable bonds is 8. The van der Waals surface area contributed by atoms with Gasteiger partial charge in [-0.05, 0) is 19.8 Å². The summed E-state index contributed by atoms with van der Waals surface area (Å²) in [6, 6.07) is 0.494. The lowest BCUT2D eigenvalue weighted by Crippen LogP contribution is -2.36. The highest BCUT2D eigenvalue weighted by molar-refractivity contribution is 9.09. The molecule has 1 aromatic rings. The summed E-state index contributed by atoms with van der Waals surface area (Å²) in [6.07, 6.45) is 5.67. The summed E-state index contributed by atoms with van der Waals surface area (Å²) in [5, 5.41) is 0.921. The van der Waals surface area contributed by atoms with E-state index in [4.69, 9.17) is 4.74 Å². The quantitative estimate of drug-likeness (QED) is 0.690. The molecule has 5 heteroatoms. The van der Waals surface area contributed by atoms with Crippen molar-refractivity contribution in [3.05, 3.63) is 12.4 Å². The first-order valence-electron chi connectivity index (χ1n) is 6.54. The average molecular weight is 316 g/mol. The van der Waals surface area contributed by atoms with Gasteiger partial charge in [-0.1, -0.05) is 29.8 Å². The van der Waals surface area contributed by atoms with Gasteiger partial charge in [0.2, 0.25) is 5.88 Å². The van der Waals surface area contributed by atoms with Crippen molar-refractivity contribution >= 4 is 21.7 Å². The van der Waals surface area contributed by atoms with Crippen LogP contribution in [0.1, 0.15) is 33.6 Å². The van der Waals surface area contributed by atoms with E-state index in [-0.39, 0.29) is 0 Å². The van der Waals surface area contributed by atoms with Crippen molar-refractivity contribution in [2.75, 3.05) is 23.4 Å². The Bertz CT molecular complexity index is 345. The van der Waals surface area contributed by atoms with Crippen LogP contribution in [0.15, 0.2) is 12.4 Å². The third-order valence-corrected chi connectivity index (χ3v) is 3.25. The van der Waals surface area contributed by atoms with Crippen LogP contribution in [0.2, 0.25) is 0 Å². The van der Waals surface area contributed by atoms with Gasteiger partial charge in [0.25, 0.3) is 0 Å². The van der Waals surface area contributed by atoms with E-state index >= 15 is 0 Å². The van der Waals surface area contributed by atoms with Gasteiger partial charge in [0.15, 0.2) is 5.82 Å². The van der Waals surface area contributed by atoms with Crippen LogP contribution in [0.5, 0.6) is 5.88 Å². The first-order chi connectivity index (χ1) is 8.76. The van der Waals surface area contributed by atoms with Gasteiger partial charge in [-0.25, -0.2) is 0 Å². The van der Waals surface area contributed by atoms with Crippen molar-refractivity contribution in [3.8, 4) is 5.88 Å². The van der Waals surface area contributed by atoms with Gasteiger partial charge in [0.1, 0.15) is 0 Å². The number of hydrogen-bond acceptors (Lipinski definition) is 4. The zero-order chi connectivity index (χ0) is 13.4. The molecule has 0 aliphatic carbocycles. The number of alkyl halides is 1. The molecule has 0 aliphatic heterocycles. The molecule has 1 rings (SSSR count). The topological polar surface area (TPSA) is 38.2 Å². The maximum Gasteiger partial charge on any atom is 0.234 e. The second-order valence-corrected chi connectivity index (χ2v) is 4.79. The van der Waals surface area contributed by atoms with Gasteiger partial charge >= 0.3 is 0 Å². The van der Waals surface area contributed by atoms with Crippen LogP contribution in [0.3, 0.4) is 0 Å². The number of nitrogens with zero attached hydrogens (tertiary/aromatic N) is 3. The molecule has 102 valence electrons. The average Bonchev–Trinajstić information content (AvgIpc) is 2.40. The Kier molecular flexibility index (Phi) is 7.01. The van der Waals surface area contributed by atoms with Crippen molar-refractivity contribution in [3.63, 3.8) is 0 Å². The van der Waals surface area contributed by atoms with Crippen molar-refractivity contribution in [2.45, 2.75) is 39.7 Å². The van der Waals surface area contributed by atoms with Crippen LogP contribution in [0.25, 0.3) is 0 Å². The van der Waals surface area contributed by atoms with Crippen LogP contribution in [-0.2, 0) is 0 Å². The van der Waals surface area contributed by atoms with Crippen LogP contribution in [0, 0.1) is 0 Å². The highest BCUT2D eigenvalue weighted by atomic mass is 79.9. The molecule has 0 spiro atoms. The molecule has 1 aromatic heterocycles. The molecule has 0 N–H and O–H groups in total. The number of aromatic nitrogens is 2. The molecule has 0 aliphatic rings. The number of hydrogen-bond donors (Lipinski definition) is 0. The lowest BCUT2D eigenvalue weighted by atomic mass is 10.1. The van der Waals surface area contributed by atoms with E-state index in [1.54, 1.807) is 6.20 Å². The number of halogens is 1. The van der Waals surface area contributed by atoms with Gasteiger partial charge in [-0.2, -0.15) is 4.98 Å². The molecule has 0 amide bonds. The normalized spacial score (nSPS) is 10.7. The largest absolute Gasteiger partial charge is 0.477 e. The van der Waals surface area contributed by atoms with E-state index in [1.807, 2.05) is 13.1 Å². The molecule has 4 nitrogen and oxygen atoms in total. The molecular formula is C13H22BrN3O. The van der Waals surface area contributed by atoms with Crippen LogP contribution < -0.4 is 9.64 Å². The fourth-order valence-corrected chi connectivity index (χ4v) is 2.38. The van der Waals surface area contributed by atoms with Gasteiger partial charge in [-0.15, -0.1) is 0 Å². The summed E-state index contributed by atoms with van der Waals surface area (Å²) in [7, 11) is 0. The van der Waals surface area contributed by atoms with E-state index < -0.39 is 0 Å². The standard InChI is InChI=1S/C13H22BrN3O/c1-4-11(5-2)17(8-7-14)12-9-15-10-13(16-12)18-6-3/h9-11H,4-8H2,1-3H3. The van der Waals surface area contributed by atoms with Gasteiger partial charge < -0.3 is 9.64 Å². The van der Waals surface area contributed by atoms with E-state index in [0.29, 0.717) is 18.5 Å². The van der Waals surface area contributed by atoms with Crippen molar-refractivity contribution in [1.82, 2.24) is 9.97 Å². The molecule has 0 atom stereocenters. The Balaban J connectivity index is 2.93. The van der Waals surface area contributed by atoms with Crippen LogP contribution in [-0.4, -0.2) is 34.5 Å². The summed E-state index contributed by atoms with van der Waals surface area (Å²) < 4.78 is 5.41. The molecule has 0 aromatic carbocycles. The Morgan fingerprint density at radius 3 is 2.56 bits per heavy atom. The maximum atomic E-state index is 5.41. The Morgan fingerprint density at radius 1 is 1.28 bits per heavy atom. The first kappa shape index (κ1) is 15.2. The molecule has 0 saturated heterocycles. The minimum absolute atomic E-state index is 0.494. The Hall–Kier alpha value is -0.840. The minimum atomic E-state index is 0.494. The Morgan fingerprint density at radius 2 is 2.00 bits per heavy atom. The predicted octanol–water partition coefficient (Wildman–Crippen LogP) is 3.27. The zero-order valence-corrected chi connectivity index (χ0v) is 13.0. The van der Waals surface area contributed by atoms with E-state index in [0.717, 1.165) is 30.5 Å². The number of ether oxygens (including phenoxy) is 1. The molecule has 18 heavy (non-hydrogen) atoms. The van der Waals surface area contributed by atoms with E-state index in [2.05, 4.69) is 44.6 Å². The van der Waals surface area contributed by atoms with Crippen LogP contribution in [0.4, 0.5) is 5.82 Å². The molecule has 0 unspecified atom stereocenters. The summed E-state index contributed by atoms with van der Waals surface area (Å²) >= 11 is 3.50. The highest BCUT2D eigenvalue weighted by Gasteiger charge is 2.17. The third kappa shape index (κ3) is 4.12. The van der Waals surface area contributed by atoms with Gasteiger partial charge in [-0.3, -0.25) is 4.98 Å². The summed E-state index contributed by atoms with van der Waals surface area (Å²) in [5.74, 6) is 1.50. The van der Waals surface area contributed by atoms with E-state index in [1.165, 1.54) is 0 Å². The van der Waals surface area contributed by atoms with Gasteiger partial charge in [0.05, 0.1) is 19.0 Å². The van der Waals surface area contributed by atoms with Gasteiger partial charge in [0, 0.05) is 17.9 Å². The number of anilines is 1. The lowest BCUT2D eigenvalue weighted by Gasteiger charge is -2.30. The summed E-state index contributed by atoms with van der Waals surface area (Å²) in [5.41, 5.74) is 0. The fraction of sp³-hybridized carbons (Fsp3) is 0.692. The SMILES string of the molecule is CCOc1cncc(N(CCBr)C(CC)CC)n1. The predicted molar refractivity (Wildman–Crippen MR) is 78.7 cm³/mol. The van der Waals surface area contributed by atoms with Crippen LogP contribution >= 0.6 is 15.9 Å². The zero-order valence-electron chi connectivity index (χ0n) is 11.4. The molecule has 0 saturated carbocycles. The first-order valence-corrected chi connectivity index (χ1v) is 7.66. The smallest absolute Gasteiger partial charge is 0.234 e. The third-order valence-electron chi connectivity index (χ3n) is 2.89. The molecular weight excluding hydrogens is 294 g/mol. The summed E-state index contributed by atoms with van der Waals surface area (Å²) in [6.45, 7) is 7.90. The lowest BCUT2D eigenvalue weighted by molar-refractivity contribution is 0.325. The maximum absolute atomic E-state index is 5.41. The molecule has 0 fully saturated rings. The monoisotopic (exact) mass is 315 g/mol. The minimum Gasteiger partial charge on any atom is -0.477 e. The fourth-order valence-electron chi connectivity index (χ4n) is 2.00. The second-order valence-electron chi connectivity index (χ2n) is 4.00. The van der Waals surface area contributed by atoms with E-state index in [9.17, 15) is 0 Å². The molecule has 1 heterocycles. The Labute approximate surface area is 118 Å². The van der Waals surface area contributed by atoms with Crippen molar-refractivity contribution in [2.24, 2.45) is 0 Å². The van der Waals surface area contributed by atoms with Crippen molar-refractivity contribution in [1.29, 1.82) is 0 Å². The molecule has 0 radical (unpaired) electrons. The highest BCUT2D eigenvalue weighted by Crippen LogP contribution is 2.20. The second kappa shape index (κ2) is 8.29. The molecule has 0 bridgehead atoms. The summed E-state index contributed by atoms with van der Waals surface area (Å²) in [4.78, 5) is 11.0. The van der Waals surface area contributed by atoms with Crippen molar-refractivity contribution < 1.29 is 4.74 Å².